The summed E-state index contributed by atoms with van der Waals surface area (Å²) in [6.45, 7) is -0.733. The largest absolute Gasteiger partial charge is 0.481 e. The third-order valence-corrected chi connectivity index (χ3v) is 3.56. The van der Waals surface area contributed by atoms with E-state index in [9.17, 15) is 24.0 Å². The van der Waals surface area contributed by atoms with Gasteiger partial charge in [0, 0.05) is 6.42 Å². The summed E-state index contributed by atoms with van der Waals surface area (Å²) in [7, 11) is 0. The second kappa shape index (κ2) is 11.3. The molecule has 11 nitrogen and oxygen atoms in total. The van der Waals surface area contributed by atoms with Crippen LogP contribution in [0, 0.1) is 0 Å². The van der Waals surface area contributed by atoms with Gasteiger partial charge in [0.1, 0.15) is 12.1 Å². The molecule has 0 aromatic heterocycles. The topological polar surface area (TPSA) is 188 Å². The van der Waals surface area contributed by atoms with Gasteiger partial charge in [0.25, 0.3) is 0 Å². The Balaban J connectivity index is 2.87. The molecule has 1 aromatic carbocycles. The minimum absolute atomic E-state index is 0.0304. The maximum atomic E-state index is 12.5. The van der Waals surface area contributed by atoms with Crippen molar-refractivity contribution in [3.05, 3.63) is 35.9 Å². The molecule has 0 radical (unpaired) electrons. The molecule has 0 fully saturated rings. The van der Waals surface area contributed by atoms with Crippen LogP contribution in [0.5, 0.6) is 0 Å². The van der Waals surface area contributed by atoms with Crippen molar-refractivity contribution in [2.75, 3.05) is 13.1 Å². The van der Waals surface area contributed by atoms with Gasteiger partial charge in [-0.3, -0.25) is 19.2 Å². The first kappa shape index (κ1) is 22.6. The Hall–Kier alpha value is -3.47. The van der Waals surface area contributed by atoms with Crippen LogP contribution in [0.3, 0.4) is 0 Å². The second-order valence-corrected chi connectivity index (χ2v) is 5.79. The Morgan fingerprint density at radius 1 is 0.929 bits per heavy atom. The van der Waals surface area contributed by atoms with E-state index < -0.39 is 54.7 Å². The van der Waals surface area contributed by atoms with Gasteiger partial charge in [0.15, 0.2) is 0 Å². The maximum absolute atomic E-state index is 12.5. The number of carbonyl (C=O) groups excluding carboxylic acids is 3. The van der Waals surface area contributed by atoms with Crippen LogP contribution in [0.15, 0.2) is 30.3 Å². The quantitative estimate of drug-likeness (QED) is 0.244. The molecule has 2 unspecified atom stereocenters. The van der Waals surface area contributed by atoms with Crippen LogP contribution in [0.2, 0.25) is 0 Å². The predicted molar refractivity (Wildman–Crippen MR) is 96.0 cm³/mol. The normalized spacial score (nSPS) is 12.3. The zero-order chi connectivity index (χ0) is 21.1. The van der Waals surface area contributed by atoms with Crippen LogP contribution < -0.4 is 21.7 Å². The molecule has 0 aliphatic carbocycles. The summed E-state index contributed by atoms with van der Waals surface area (Å²) in [6.07, 6.45) is -0.789. The average Bonchev–Trinajstić information content (AvgIpc) is 2.65. The number of hydrogen-bond acceptors (Lipinski definition) is 6. The standard InChI is InChI=1S/C17H22N4O7/c18-8-13(22)19-9-14(23)20-11(6-10-4-2-1-3-5-10)16(26)21-12(17(27)28)7-15(24)25/h1-5,11-12H,6-9,18H2,(H,19,22)(H,20,23)(H,21,26)(H,24,25)(H,27,28). The lowest BCUT2D eigenvalue weighted by molar-refractivity contribution is -0.147. The number of aliphatic carboxylic acids is 2. The molecule has 0 bridgehead atoms. The van der Waals surface area contributed by atoms with Crippen LogP contribution in [0.4, 0.5) is 0 Å². The Bertz CT molecular complexity index is 723. The fourth-order valence-corrected chi connectivity index (χ4v) is 2.20. The number of hydrogen-bond donors (Lipinski definition) is 6. The highest BCUT2D eigenvalue weighted by Crippen LogP contribution is 2.05. The molecule has 1 rings (SSSR count). The number of rotatable bonds is 11. The van der Waals surface area contributed by atoms with Crippen molar-refractivity contribution in [2.45, 2.75) is 24.9 Å². The first-order chi connectivity index (χ1) is 13.2. The number of carboxylic acid groups (broad SMARTS) is 2. The van der Waals surface area contributed by atoms with Gasteiger partial charge in [-0.2, -0.15) is 0 Å². The van der Waals surface area contributed by atoms with Crippen molar-refractivity contribution in [3.8, 4) is 0 Å². The van der Waals surface area contributed by atoms with E-state index in [1.165, 1.54) is 0 Å². The van der Waals surface area contributed by atoms with Crippen molar-refractivity contribution in [1.82, 2.24) is 16.0 Å². The van der Waals surface area contributed by atoms with Crippen molar-refractivity contribution in [1.29, 1.82) is 0 Å². The molecule has 0 spiro atoms. The first-order valence-electron chi connectivity index (χ1n) is 8.28. The predicted octanol–water partition coefficient (Wildman–Crippen LogP) is -2.17. The molecule has 3 amide bonds. The van der Waals surface area contributed by atoms with E-state index in [-0.39, 0.29) is 13.0 Å². The van der Waals surface area contributed by atoms with E-state index >= 15 is 0 Å². The summed E-state index contributed by atoms with van der Waals surface area (Å²) in [6, 6.07) is 5.77. The lowest BCUT2D eigenvalue weighted by Crippen LogP contribution is -2.54. The van der Waals surface area contributed by atoms with Gasteiger partial charge in [-0.1, -0.05) is 30.3 Å². The first-order valence-corrected chi connectivity index (χ1v) is 8.28. The molecule has 28 heavy (non-hydrogen) atoms. The van der Waals surface area contributed by atoms with Gasteiger partial charge in [-0.25, -0.2) is 4.79 Å². The van der Waals surface area contributed by atoms with Crippen LogP contribution in [0.25, 0.3) is 0 Å². The van der Waals surface area contributed by atoms with E-state index in [1.54, 1.807) is 30.3 Å². The van der Waals surface area contributed by atoms with Crippen molar-refractivity contribution in [2.24, 2.45) is 5.73 Å². The summed E-state index contributed by atoms with van der Waals surface area (Å²) in [5, 5.41) is 24.6. The molecule has 7 N–H and O–H groups in total. The van der Waals surface area contributed by atoms with Crippen molar-refractivity contribution < 1.29 is 34.2 Å². The molecular formula is C17H22N4O7. The van der Waals surface area contributed by atoms with Crippen molar-refractivity contribution >= 4 is 29.7 Å². The lowest BCUT2D eigenvalue weighted by Gasteiger charge is -2.21. The van der Waals surface area contributed by atoms with Crippen LogP contribution in [-0.2, 0) is 30.4 Å². The van der Waals surface area contributed by atoms with Gasteiger partial charge >= 0.3 is 11.9 Å². The summed E-state index contributed by atoms with van der Waals surface area (Å²) in [5.74, 6) is -5.04. The number of nitrogens with two attached hydrogens (primary N) is 1. The summed E-state index contributed by atoms with van der Waals surface area (Å²) in [5.41, 5.74) is 5.80. The third kappa shape index (κ3) is 8.27. The van der Waals surface area contributed by atoms with Gasteiger partial charge < -0.3 is 31.9 Å². The Morgan fingerprint density at radius 3 is 2.11 bits per heavy atom. The molecule has 152 valence electrons. The van der Waals surface area contributed by atoms with E-state index in [2.05, 4.69) is 16.0 Å². The van der Waals surface area contributed by atoms with E-state index in [1.807, 2.05) is 0 Å². The summed E-state index contributed by atoms with van der Waals surface area (Å²) >= 11 is 0. The lowest BCUT2D eigenvalue weighted by atomic mass is 10.0. The summed E-state index contributed by atoms with van der Waals surface area (Å²) < 4.78 is 0. The Kier molecular flexibility index (Phi) is 9.10. The molecule has 0 saturated carbocycles. The SMILES string of the molecule is NCC(=O)NCC(=O)NC(Cc1ccccc1)C(=O)NC(CC(=O)O)C(=O)O. The second-order valence-electron chi connectivity index (χ2n) is 5.79. The molecule has 11 heteroatoms. The number of carboxylic acids is 2. The minimum Gasteiger partial charge on any atom is -0.481 e. The number of carbonyl (C=O) groups is 5. The summed E-state index contributed by atoms with van der Waals surface area (Å²) in [4.78, 5) is 57.6. The van der Waals surface area contributed by atoms with Gasteiger partial charge in [-0.15, -0.1) is 0 Å². The molecule has 0 aliphatic heterocycles. The number of benzene rings is 1. The Labute approximate surface area is 160 Å². The van der Waals surface area contributed by atoms with E-state index in [0.717, 1.165) is 0 Å². The average molecular weight is 394 g/mol. The van der Waals surface area contributed by atoms with E-state index in [0.29, 0.717) is 5.56 Å². The van der Waals surface area contributed by atoms with Crippen LogP contribution in [-0.4, -0.2) is 65.0 Å². The van der Waals surface area contributed by atoms with Gasteiger partial charge in [-0.05, 0) is 5.56 Å². The minimum atomic E-state index is -1.66. The highest BCUT2D eigenvalue weighted by atomic mass is 16.4. The highest BCUT2D eigenvalue weighted by molar-refractivity contribution is 5.93. The molecular weight excluding hydrogens is 372 g/mol. The zero-order valence-corrected chi connectivity index (χ0v) is 14.9. The van der Waals surface area contributed by atoms with Gasteiger partial charge in [0.2, 0.25) is 17.7 Å². The van der Waals surface area contributed by atoms with Crippen LogP contribution >= 0.6 is 0 Å². The fourth-order valence-electron chi connectivity index (χ4n) is 2.20. The molecule has 0 heterocycles. The molecule has 2 atom stereocenters. The molecule has 0 saturated heterocycles. The zero-order valence-electron chi connectivity index (χ0n) is 14.9. The maximum Gasteiger partial charge on any atom is 0.326 e. The molecule has 0 aliphatic rings. The van der Waals surface area contributed by atoms with Gasteiger partial charge in [0.05, 0.1) is 19.5 Å². The highest BCUT2D eigenvalue weighted by Gasteiger charge is 2.28. The smallest absolute Gasteiger partial charge is 0.326 e. The van der Waals surface area contributed by atoms with Crippen molar-refractivity contribution in [3.63, 3.8) is 0 Å². The molecule has 1 aromatic rings. The van der Waals surface area contributed by atoms with E-state index in [4.69, 9.17) is 15.9 Å². The number of amides is 3. The monoisotopic (exact) mass is 394 g/mol. The number of nitrogens with one attached hydrogen (secondary N) is 3. The Morgan fingerprint density at radius 2 is 1.57 bits per heavy atom. The van der Waals surface area contributed by atoms with Crippen LogP contribution in [0.1, 0.15) is 12.0 Å². The fraction of sp³-hybridized carbons (Fsp3) is 0.353. The third-order valence-electron chi connectivity index (χ3n) is 3.56.